The summed E-state index contributed by atoms with van der Waals surface area (Å²) in [5.41, 5.74) is 2.28. The van der Waals surface area contributed by atoms with Crippen LogP contribution in [-0.4, -0.2) is 50.5 Å². The van der Waals surface area contributed by atoms with Crippen LogP contribution >= 0.6 is 0 Å². The molecule has 0 heterocycles. The average Bonchev–Trinajstić information content (AvgIpc) is 2.88. The summed E-state index contributed by atoms with van der Waals surface area (Å²) >= 11 is 0. The normalized spacial score (nSPS) is 23.4. The molecule has 162 valence electrons. The standard InChI is InChI=1S/C26H35NO3/c1-27(2)19-23-13-7-6-12-22(16-20-10-9-14-24(17-20)29-3)26(23,28)18-21-11-5-8-15-25(21)30-4/h5,8-11,14-17,23,28H,6-7,12-13,18-19H2,1-4H3. The number of hydrogen-bond acceptors (Lipinski definition) is 4. The van der Waals surface area contributed by atoms with Gasteiger partial charge in [0.05, 0.1) is 19.8 Å². The zero-order valence-electron chi connectivity index (χ0n) is 18.7. The van der Waals surface area contributed by atoms with Crippen molar-refractivity contribution in [1.29, 1.82) is 0 Å². The van der Waals surface area contributed by atoms with Gasteiger partial charge in [-0.1, -0.05) is 42.8 Å². The van der Waals surface area contributed by atoms with Gasteiger partial charge in [0.25, 0.3) is 0 Å². The second kappa shape index (κ2) is 10.1. The Morgan fingerprint density at radius 2 is 1.87 bits per heavy atom. The SMILES string of the molecule is COc1cccc(C=C2CCCCC(CN(C)C)C2(O)Cc2ccccc2OC)c1. The lowest BCUT2D eigenvalue weighted by Crippen LogP contribution is -2.45. The number of ether oxygens (including phenoxy) is 2. The summed E-state index contributed by atoms with van der Waals surface area (Å²) in [6.07, 6.45) is 6.85. The van der Waals surface area contributed by atoms with Gasteiger partial charge >= 0.3 is 0 Å². The Hall–Kier alpha value is -2.30. The molecule has 0 saturated heterocycles. The molecule has 0 radical (unpaired) electrons. The molecule has 1 aliphatic rings. The topological polar surface area (TPSA) is 41.9 Å². The minimum Gasteiger partial charge on any atom is -0.497 e. The van der Waals surface area contributed by atoms with Crippen LogP contribution in [0, 0.1) is 5.92 Å². The van der Waals surface area contributed by atoms with E-state index in [1.165, 1.54) is 0 Å². The number of methoxy groups -OCH3 is 2. The lowest BCUT2D eigenvalue weighted by atomic mass is 9.74. The number of rotatable bonds is 7. The number of aliphatic hydroxyl groups is 1. The van der Waals surface area contributed by atoms with Crippen LogP contribution in [0.3, 0.4) is 0 Å². The molecule has 4 nitrogen and oxygen atoms in total. The molecule has 1 N–H and O–H groups in total. The van der Waals surface area contributed by atoms with Crippen LogP contribution in [0.5, 0.6) is 11.5 Å². The van der Waals surface area contributed by atoms with Crippen molar-refractivity contribution in [2.24, 2.45) is 5.92 Å². The number of hydrogen-bond donors (Lipinski definition) is 1. The van der Waals surface area contributed by atoms with Crippen molar-refractivity contribution in [2.45, 2.75) is 37.7 Å². The highest BCUT2D eigenvalue weighted by molar-refractivity contribution is 5.58. The van der Waals surface area contributed by atoms with Crippen molar-refractivity contribution >= 4 is 6.08 Å². The molecule has 1 saturated carbocycles. The molecular weight excluding hydrogens is 374 g/mol. The van der Waals surface area contributed by atoms with Gasteiger partial charge in [0.1, 0.15) is 11.5 Å². The fourth-order valence-corrected chi connectivity index (χ4v) is 4.63. The van der Waals surface area contributed by atoms with Gasteiger partial charge < -0.3 is 19.5 Å². The third kappa shape index (κ3) is 5.24. The minimum absolute atomic E-state index is 0.150. The molecule has 0 spiro atoms. The fourth-order valence-electron chi connectivity index (χ4n) is 4.63. The van der Waals surface area contributed by atoms with E-state index in [2.05, 4.69) is 37.2 Å². The quantitative estimate of drug-likeness (QED) is 0.666. The van der Waals surface area contributed by atoms with Gasteiger partial charge in [-0.05, 0) is 68.3 Å². The summed E-state index contributed by atoms with van der Waals surface area (Å²) in [5, 5.41) is 12.3. The smallest absolute Gasteiger partial charge is 0.122 e. The Morgan fingerprint density at radius 1 is 1.07 bits per heavy atom. The first-order valence-electron chi connectivity index (χ1n) is 10.8. The van der Waals surface area contributed by atoms with E-state index in [4.69, 9.17) is 9.47 Å². The predicted molar refractivity (Wildman–Crippen MR) is 123 cm³/mol. The second-order valence-corrected chi connectivity index (χ2v) is 8.56. The largest absolute Gasteiger partial charge is 0.497 e. The van der Waals surface area contributed by atoms with E-state index in [-0.39, 0.29) is 5.92 Å². The highest BCUT2D eigenvalue weighted by Crippen LogP contribution is 2.41. The maximum Gasteiger partial charge on any atom is 0.122 e. The third-order valence-electron chi connectivity index (χ3n) is 6.15. The van der Waals surface area contributed by atoms with Crippen LogP contribution < -0.4 is 9.47 Å². The Balaban J connectivity index is 2.07. The van der Waals surface area contributed by atoms with Gasteiger partial charge in [-0.2, -0.15) is 0 Å². The number of nitrogens with zero attached hydrogens (tertiary/aromatic N) is 1. The molecule has 0 aromatic heterocycles. The molecule has 1 aliphatic carbocycles. The van der Waals surface area contributed by atoms with Gasteiger partial charge in [-0.3, -0.25) is 0 Å². The highest BCUT2D eigenvalue weighted by atomic mass is 16.5. The Kier molecular flexibility index (Phi) is 7.57. The number of benzene rings is 2. The zero-order chi connectivity index (χ0) is 21.6. The van der Waals surface area contributed by atoms with Gasteiger partial charge in [-0.25, -0.2) is 0 Å². The van der Waals surface area contributed by atoms with Crippen molar-refractivity contribution in [3.63, 3.8) is 0 Å². The van der Waals surface area contributed by atoms with E-state index in [1.54, 1.807) is 14.2 Å². The third-order valence-corrected chi connectivity index (χ3v) is 6.15. The summed E-state index contributed by atoms with van der Waals surface area (Å²) in [6, 6.07) is 16.1. The van der Waals surface area contributed by atoms with E-state index in [0.717, 1.165) is 60.4 Å². The predicted octanol–water partition coefficient (Wildman–Crippen LogP) is 4.81. The van der Waals surface area contributed by atoms with Crippen LogP contribution in [0.2, 0.25) is 0 Å². The Bertz CT molecular complexity index is 861. The van der Waals surface area contributed by atoms with Gasteiger partial charge in [0.15, 0.2) is 0 Å². The van der Waals surface area contributed by atoms with Gasteiger partial charge in [0.2, 0.25) is 0 Å². The average molecular weight is 410 g/mol. The van der Waals surface area contributed by atoms with Crippen molar-refractivity contribution < 1.29 is 14.6 Å². The highest BCUT2D eigenvalue weighted by Gasteiger charge is 2.42. The maximum absolute atomic E-state index is 12.3. The van der Waals surface area contributed by atoms with Crippen molar-refractivity contribution in [3.05, 3.63) is 65.2 Å². The zero-order valence-corrected chi connectivity index (χ0v) is 18.7. The van der Waals surface area contributed by atoms with E-state index in [9.17, 15) is 5.11 Å². The van der Waals surface area contributed by atoms with E-state index in [0.29, 0.717) is 6.42 Å². The number of para-hydroxylation sites is 1. The maximum atomic E-state index is 12.3. The minimum atomic E-state index is -0.932. The van der Waals surface area contributed by atoms with Crippen LogP contribution in [0.25, 0.3) is 6.08 Å². The van der Waals surface area contributed by atoms with Crippen molar-refractivity contribution in [1.82, 2.24) is 4.90 Å². The van der Waals surface area contributed by atoms with E-state index in [1.807, 2.05) is 36.4 Å². The first kappa shape index (κ1) is 22.4. The molecule has 0 bridgehead atoms. The molecule has 30 heavy (non-hydrogen) atoms. The molecule has 0 aliphatic heterocycles. The van der Waals surface area contributed by atoms with E-state index < -0.39 is 5.60 Å². The van der Waals surface area contributed by atoms with Gasteiger partial charge in [-0.15, -0.1) is 0 Å². The second-order valence-electron chi connectivity index (χ2n) is 8.56. The molecule has 2 atom stereocenters. The molecule has 3 rings (SSSR count). The lowest BCUT2D eigenvalue weighted by molar-refractivity contribution is 0.00476. The molecule has 4 heteroatoms. The summed E-state index contributed by atoms with van der Waals surface area (Å²) < 4.78 is 11.0. The molecule has 2 unspecified atom stereocenters. The summed E-state index contributed by atoms with van der Waals surface area (Å²) in [7, 11) is 7.54. The van der Waals surface area contributed by atoms with Gasteiger partial charge in [0, 0.05) is 18.9 Å². The van der Waals surface area contributed by atoms with Crippen LogP contribution in [0.15, 0.2) is 54.1 Å². The molecular formula is C26H35NO3. The van der Waals surface area contributed by atoms with Crippen LogP contribution in [0.4, 0.5) is 0 Å². The lowest BCUT2D eigenvalue weighted by Gasteiger charge is -2.39. The van der Waals surface area contributed by atoms with E-state index >= 15 is 0 Å². The molecule has 2 aromatic carbocycles. The van der Waals surface area contributed by atoms with Crippen molar-refractivity contribution in [2.75, 3.05) is 34.9 Å². The first-order chi connectivity index (χ1) is 14.5. The van der Waals surface area contributed by atoms with Crippen LogP contribution in [0.1, 0.15) is 36.8 Å². The fraction of sp³-hybridized carbons (Fsp3) is 0.462. The van der Waals surface area contributed by atoms with Crippen molar-refractivity contribution in [3.8, 4) is 11.5 Å². The Labute approximate surface area is 181 Å². The summed E-state index contributed by atoms with van der Waals surface area (Å²) in [5.74, 6) is 1.81. The summed E-state index contributed by atoms with van der Waals surface area (Å²) in [6.45, 7) is 0.848. The monoisotopic (exact) mass is 409 g/mol. The molecule has 0 amide bonds. The molecule has 1 fully saturated rings. The Morgan fingerprint density at radius 3 is 2.60 bits per heavy atom. The first-order valence-corrected chi connectivity index (χ1v) is 10.8. The van der Waals surface area contributed by atoms with Crippen LogP contribution in [-0.2, 0) is 6.42 Å². The molecule has 2 aromatic rings. The summed E-state index contributed by atoms with van der Waals surface area (Å²) in [4.78, 5) is 2.19.